The van der Waals surface area contributed by atoms with Crippen molar-refractivity contribution in [2.45, 2.75) is 44.6 Å². The summed E-state index contributed by atoms with van der Waals surface area (Å²) in [5.41, 5.74) is 1.65. The standard InChI is InChI=1S/C22H24F3N3O4/c23-22(24,25)13-31-12-16-11-26-19(14-1-3-17(4-2-14)32-18-5-6-18)20(27-16)28-9-7-15(8-10-28)21(29)30/h1-4,11,15,18H,5-10,12-13H2,(H,29,30). The summed E-state index contributed by atoms with van der Waals surface area (Å²) < 4.78 is 47.7. The molecule has 2 fully saturated rings. The summed E-state index contributed by atoms with van der Waals surface area (Å²) in [6.07, 6.45) is 0.303. The van der Waals surface area contributed by atoms with Gasteiger partial charge in [0.2, 0.25) is 0 Å². The first kappa shape index (κ1) is 22.3. The lowest BCUT2D eigenvalue weighted by Crippen LogP contribution is -2.37. The molecule has 1 saturated carbocycles. The highest BCUT2D eigenvalue weighted by atomic mass is 19.4. The molecule has 7 nitrogen and oxygen atoms in total. The molecular weight excluding hydrogens is 427 g/mol. The second kappa shape index (κ2) is 9.32. The van der Waals surface area contributed by atoms with Crippen molar-refractivity contribution >= 4 is 11.8 Å². The lowest BCUT2D eigenvalue weighted by Gasteiger charge is -2.32. The molecule has 0 spiro atoms. The number of alkyl halides is 3. The van der Waals surface area contributed by atoms with Crippen LogP contribution in [0.1, 0.15) is 31.4 Å². The van der Waals surface area contributed by atoms with Gasteiger partial charge in [0.05, 0.1) is 30.5 Å². The van der Waals surface area contributed by atoms with Crippen molar-refractivity contribution in [3.63, 3.8) is 0 Å². The molecule has 0 radical (unpaired) electrons. The lowest BCUT2D eigenvalue weighted by atomic mass is 9.97. The molecule has 2 heterocycles. The Bertz CT molecular complexity index is 940. The molecule has 1 saturated heterocycles. The van der Waals surface area contributed by atoms with Crippen LogP contribution in [-0.2, 0) is 16.1 Å². The van der Waals surface area contributed by atoms with E-state index in [2.05, 4.69) is 9.97 Å². The second-order valence-electron chi connectivity index (χ2n) is 8.08. The Hall–Kier alpha value is -2.88. The number of carboxylic acids is 1. The van der Waals surface area contributed by atoms with Crippen LogP contribution in [-0.4, -0.2) is 53.0 Å². The van der Waals surface area contributed by atoms with E-state index in [0.717, 1.165) is 24.2 Å². The minimum Gasteiger partial charge on any atom is -0.490 e. The summed E-state index contributed by atoms with van der Waals surface area (Å²) in [7, 11) is 0. The summed E-state index contributed by atoms with van der Waals surface area (Å²) in [5, 5.41) is 9.26. The lowest BCUT2D eigenvalue weighted by molar-refractivity contribution is -0.176. The molecule has 1 aliphatic carbocycles. The van der Waals surface area contributed by atoms with E-state index >= 15 is 0 Å². The van der Waals surface area contributed by atoms with Gasteiger partial charge in [-0.25, -0.2) is 4.98 Å². The third-order valence-corrected chi connectivity index (χ3v) is 5.42. The summed E-state index contributed by atoms with van der Waals surface area (Å²) in [6, 6.07) is 7.45. The number of piperidine rings is 1. The number of anilines is 1. The van der Waals surface area contributed by atoms with E-state index in [4.69, 9.17) is 9.47 Å². The Kier molecular flexibility index (Phi) is 6.50. The number of aromatic nitrogens is 2. The van der Waals surface area contributed by atoms with Gasteiger partial charge in [-0.3, -0.25) is 9.78 Å². The average Bonchev–Trinajstić information content (AvgIpc) is 3.57. The van der Waals surface area contributed by atoms with Crippen LogP contribution in [0.15, 0.2) is 30.5 Å². The van der Waals surface area contributed by atoms with Gasteiger partial charge in [-0.05, 0) is 49.9 Å². The van der Waals surface area contributed by atoms with E-state index in [9.17, 15) is 23.1 Å². The van der Waals surface area contributed by atoms with Crippen LogP contribution < -0.4 is 9.64 Å². The number of hydrogen-bond donors (Lipinski definition) is 1. The van der Waals surface area contributed by atoms with Gasteiger partial charge in [0, 0.05) is 18.7 Å². The smallest absolute Gasteiger partial charge is 0.411 e. The maximum Gasteiger partial charge on any atom is 0.411 e. The van der Waals surface area contributed by atoms with E-state index in [-0.39, 0.29) is 18.4 Å². The molecule has 0 atom stereocenters. The zero-order valence-corrected chi connectivity index (χ0v) is 17.3. The number of hydrogen-bond acceptors (Lipinski definition) is 6. The molecule has 172 valence electrons. The highest BCUT2D eigenvalue weighted by molar-refractivity contribution is 5.74. The van der Waals surface area contributed by atoms with Crippen LogP contribution in [0.2, 0.25) is 0 Å². The topological polar surface area (TPSA) is 84.8 Å². The third-order valence-electron chi connectivity index (χ3n) is 5.42. The van der Waals surface area contributed by atoms with Gasteiger partial charge >= 0.3 is 12.1 Å². The van der Waals surface area contributed by atoms with Crippen LogP contribution in [0.3, 0.4) is 0 Å². The first-order valence-electron chi connectivity index (χ1n) is 10.5. The van der Waals surface area contributed by atoms with E-state index in [1.807, 2.05) is 29.2 Å². The van der Waals surface area contributed by atoms with E-state index in [1.54, 1.807) is 0 Å². The van der Waals surface area contributed by atoms with E-state index < -0.39 is 24.7 Å². The van der Waals surface area contributed by atoms with Gasteiger partial charge in [-0.2, -0.15) is 13.2 Å². The molecule has 2 aromatic rings. The van der Waals surface area contributed by atoms with Crippen LogP contribution in [0.5, 0.6) is 5.75 Å². The number of halogens is 3. The normalized spacial score (nSPS) is 17.4. The Labute approximate surface area is 183 Å². The Morgan fingerprint density at radius 2 is 1.81 bits per heavy atom. The predicted octanol–water partition coefficient (Wildman–Crippen LogP) is 4.06. The van der Waals surface area contributed by atoms with Crippen molar-refractivity contribution in [2.24, 2.45) is 5.92 Å². The van der Waals surface area contributed by atoms with E-state index in [0.29, 0.717) is 37.4 Å². The van der Waals surface area contributed by atoms with Gasteiger partial charge in [-0.1, -0.05) is 0 Å². The van der Waals surface area contributed by atoms with Crippen LogP contribution >= 0.6 is 0 Å². The van der Waals surface area contributed by atoms with Crippen molar-refractivity contribution in [3.8, 4) is 17.0 Å². The van der Waals surface area contributed by atoms with Gasteiger partial charge in [0.1, 0.15) is 18.1 Å². The quantitative estimate of drug-likeness (QED) is 0.648. The fraction of sp³-hybridized carbons (Fsp3) is 0.500. The number of nitrogens with zero attached hydrogens (tertiary/aromatic N) is 3. The molecule has 0 bridgehead atoms. The third kappa shape index (κ3) is 5.87. The summed E-state index contributed by atoms with van der Waals surface area (Å²) in [4.78, 5) is 22.2. The highest BCUT2D eigenvalue weighted by Gasteiger charge is 2.29. The second-order valence-corrected chi connectivity index (χ2v) is 8.08. The molecular formula is C22H24F3N3O4. The van der Waals surface area contributed by atoms with Crippen LogP contribution in [0.4, 0.5) is 19.0 Å². The molecule has 4 rings (SSSR count). The Morgan fingerprint density at radius 1 is 1.12 bits per heavy atom. The number of carbonyl (C=O) groups is 1. The SMILES string of the molecule is O=C(O)C1CCN(c2nc(COCC(F)(F)F)cnc2-c2ccc(OC3CC3)cc2)CC1. The van der Waals surface area contributed by atoms with Gasteiger partial charge in [0.15, 0.2) is 5.82 Å². The summed E-state index contributed by atoms with van der Waals surface area (Å²) >= 11 is 0. The molecule has 1 aromatic heterocycles. The van der Waals surface area contributed by atoms with E-state index in [1.165, 1.54) is 6.20 Å². The molecule has 1 N–H and O–H groups in total. The minimum atomic E-state index is -4.42. The molecule has 0 unspecified atom stereocenters. The van der Waals surface area contributed by atoms with Crippen molar-refractivity contribution in [1.29, 1.82) is 0 Å². The monoisotopic (exact) mass is 451 g/mol. The molecule has 2 aliphatic rings. The average molecular weight is 451 g/mol. The highest BCUT2D eigenvalue weighted by Crippen LogP contribution is 2.33. The zero-order valence-electron chi connectivity index (χ0n) is 17.3. The van der Waals surface area contributed by atoms with Gasteiger partial charge in [-0.15, -0.1) is 0 Å². The van der Waals surface area contributed by atoms with Crippen molar-refractivity contribution in [1.82, 2.24) is 9.97 Å². The first-order chi connectivity index (χ1) is 15.3. The fourth-order valence-electron chi connectivity index (χ4n) is 3.59. The first-order valence-corrected chi connectivity index (χ1v) is 10.5. The number of ether oxygens (including phenoxy) is 2. The maximum atomic E-state index is 12.4. The number of rotatable bonds is 8. The molecule has 32 heavy (non-hydrogen) atoms. The molecule has 1 aromatic carbocycles. The van der Waals surface area contributed by atoms with Gasteiger partial charge in [0.25, 0.3) is 0 Å². The summed E-state index contributed by atoms with van der Waals surface area (Å²) in [6.45, 7) is -0.749. The van der Waals surface area contributed by atoms with Crippen molar-refractivity contribution in [2.75, 3.05) is 24.6 Å². The van der Waals surface area contributed by atoms with Gasteiger partial charge < -0.3 is 19.5 Å². The molecule has 10 heteroatoms. The largest absolute Gasteiger partial charge is 0.490 e. The van der Waals surface area contributed by atoms with Crippen molar-refractivity contribution < 1.29 is 32.5 Å². The molecule has 1 aliphatic heterocycles. The number of carboxylic acid groups (broad SMARTS) is 1. The predicted molar refractivity (Wildman–Crippen MR) is 109 cm³/mol. The summed E-state index contributed by atoms with van der Waals surface area (Å²) in [5.74, 6) is 0.0411. The van der Waals surface area contributed by atoms with Crippen LogP contribution in [0, 0.1) is 5.92 Å². The van der Waals surface area contributed by atoms with Crippen molar-refractivity contribution in [3.05, 3.63) is 36.2 Å². The zero-order chi connectivity index (χ0) is 22.7. The Morgan fingerprint density at radius 3 is 2.41 bits per heavy atom. The number of benzene rings is 1. The van der Waals surface area contributed by atoms with Crippen LogP contribution in [0.25, 0.3) is 11.3 Å². The Balaban J connectivity index is 1.56. The fourth-order valence-corrected chi connectivity index (χ4v) is 3.59. The number of aliphatic carboxylic acids is 1. The minimum absolute atomic E-state index is 0.280. The maximum absolute atomic E-state index is 12.4. The molecule has 0 amide bonds.